The van der Waals surface area contributed by atoms with Crippen LogP contribution in [0.4, 0.5) is 4.39 Å². The Bertz CT molecular complexity index is 854. The first-order valence-corrected chi connectivity index (χ1v) is 8.52. The highest BCUT2D eigenvalue weighted by atomic mass is 19.1. The number of nitrogens with zero attached hydrogens (tertiary/aromatic N) is 1. The zero-order valence-electron chi connectivity index (χ0n) is 14.3. The number of rotatable bonds is 4. The first-order chi connectivity index (χ1) is 12.5. The molecule has 6 heteroatoms. The Labute approximate surface area is 151 Å². The second kappa shape index (κ2) is 7.65. The molecule has 1 fully saturated rings. The monoisotopic (exact) mass is 353 g/mol. The zero-order valence-corrected chi connectivity index (χ0v) is 14.3. The number of nitriles is 1. The second-order valence-electron chi connectivity index (χ2n) is 6.57. The number of piperidine rings is 1. The fourth-order valence-corrected chi connectivity index (χ4v) is 3.08. The maximum absolute atomic E-state index is 13.5. The van der Waals surface area contributed by atoms with Crippen LogP contribution >= 0.6 is 0 Å². The highest BCUT2D eigenvalue weighted by Crippen LogP contribution is 2.23. The third-order valence-electron chi connectivity index (χ3n) is 4.57. The number of carbonyl (C=O) groups excluding carboxylic acids is 1. The lowest BCUT2D eigenvalue weighted by Gasteiger charge is -2.32. The van der Waals surface area contributed by atoms with Gasteiger partial charge in [-0.25, -0.2) is 4.39 Å². The van der Waals surface area contributed by atoms with Gasteiger partial charge in [-0.1, -0.05) is 18.2 Å². The molecule has 1 atom stereocenters. The predicted molar refractivity (Wildman–Crippen MR) is 95.9 cm³/mol. The van der Waals surface area contributed by atoms with Gasteiger partial charge in [-0.2, -0.15) is 5.26 Å². The van der Waals surface area contributed by atoms with Crippen molar-refractivity contribution in [3.63, 3.8) is 0 Å². The maximum Gasteiger partial charge on any atom is 0.251 e. The predicted octanol–water partition coefficient (Wildman–Crippen LogP) is 2.21. The molecule has 0 spiro atoms. The molecule has 26 heavy (non-hydrogen) atoms. The Morgan fingerprint density at radius 3 is 2.85 bits per heavy atom. The molecule has 3 rings (SSSR count). The van der Waals surface area contributed by atoms with E-state index < -0.39 is 11.4 Å². The van der Waals surface area contributed by atoms with E-state index in [1.165, 1.54) is 12.1 Å². The molecular formula is C20H20FN3O2. The van der Waals surface area contributed by atoms with Gasteiger partial charge in [0, 0.05) is 18.7 Å². The Kier molecular flexibility index (Phi) is 5.31. The van der Waals surface area contributed by atoms with E-state index in [1.807, 2.05) is 6.07 Å². The number of hydrogen-bond acceptors (Lipinski definition) is 4. The van der Waals surface area contributed by atoms with Gasteiger partial charge in [0.05, 0.1) is 11.2 Å². The standard InChI is InChI=1S/C20H20FN3O2/c21-18-6-5-15(10-17(18)11-22)14-3-1-4-16(9-14)19(25)24-13-20(26)7-2-8-23-12-20/h1,3-6,9-10,23,26H,2,7-8,12-13H2,(H,24,25)/t20-/m0/s1. The number of halogens is 1. The van der Waals surface area contributed by atoms with Gasteiger partial charge in [0.25, 0.3) is 5.91 Å². The average molecular weight is 353 g/mol. The Morgan fingerprint density at radius 1 is 1.31 bits per heavy atom. The van der Waals surface area contributed by atoms with Gasteiger partial charge in [-0.3, -0.25) is 4.79 Å². The normalized spacial score (nSPS) is 19.6. The van der Waals surface area contributed by atoms with Gasteiger partial charge >= 0.3 is 0 Å². The summed E-state index contributed by atoms with van der Waals surface area (Å²) in [7, 11) is 0. The molecule has 0 unspecified atom stereocenters. The molecule has 1 saturated heterocycles. The van der Waals surface area contributed by atoms with E-state index in [0.29, 0.717) is 29.7 Å². The lowest BCUT2D eigenvalue weighted by Crippen LogP contribution is -2.52. The van der Waals surface area contributed by atoms with Crippen LogP contribution in [-0.4, -0.2) is 36.2 Å². The summed E-state index contributed by atoms with van der Waals surface area (Å²) in [5.41, 5.74) is 0.853. The van der Waals surface area contributed by atoms with Gasteiger partial charge in [0.15, 0.2) is 0 Å². The zero-order chi connectivity index (χ0) is 18.6. The van der Waals surface area contributed by atoms with Crippen molar-refractivity contribution >= 4 is 5.91 Å². The molecule has 5 nitrogen and oxygen atoms in total. The number of amides is 1. The van der Waals surface area contributed by atoms with E-state index in [1.54, 1.807) is 30.3 Å². The number of aliphatic hydroxyl groups is 1. The molecule has 0 bridgehead atoms. The van der Waals surface area contributed by atoms with Crippen LogP contribution in [0.25, 0.3) is 11.1 Å². The highest BCUT2D eigenvalue weighted by Gasteiger charge is 2.29. The number of nitrogens with one attached hydrogen (secondary N) is 2. The molecule has 0 radical (unpaired) electrons. The molecule has 1 amide bonds. The van der Waals surface area contributed by atoms with E-state index >= 15 is 0 Å². The molecule has 3 N–H and O–H groups in total. The Balaban J connectivity index is 1.74. The van der Waals surface area contributed by atoms with Crippen molar-refractivity contribution in [3.8, 4) is 17.2 Å². The van der Waals surface area contributed by atoms with Crippen LogP contribution in [0.2, 0.25) is 0 Å². The second-order valence-corrected chi connectivity index (χ2v) is 6.57. The highest BCUT2D eigenvalue weighted by molar-refractivity contribution is 5.95. The SMILES string of the molecule is N#Cc1cc(-c2cccc(C(=O)NC[C@]3(O)CCCNC3)c2)ccc1F. The molecule has 134 valence electrons. The van der Waals surface area contributed by atoms with Crippen molar-refractivity contribution in [1.29, 1.82) is 5.26 Å². The summed E-state index contributed by atoms with van der Waals surface area (Å²) in [6.45, 7) is 1.51. The van der Waals surface area contributed by atoms with E-state index in [2.05, 4.69) is 10.6 Å². The number of carbonyl (C=O) groups is 1. The van der Waals surface area contributed by atoms with Crippen LogP contribution in [0.1, 0.15) is 28.8 Å². The van der Waals surface area contributed by atoms with Gasteiger partial charge in [-0.15, -0.1) is 0 Å². The fraction of sp³-hybridized carbons (Fsp3) is 0.300. The first-order valence-electron chi connectivity index (χ1n) is 8.52. The van der Waals surface area contributed by atoms with Crippen molar-refractivity contribution in [2.75, 3.05) is 19.6 Å². The third kappa shape index (κ3) is 4.07. The Hall–Kier alpha value is -2.75. The minimum atomic E-state index is -0.926. The molecule has 1 aliphatic heterocycles. The van der Waals surface area contributed by atoms with E-state index in [0.717, 1.165) is 13.0 Å². The van der Waals surface area contributed by atoms with Crippen molar-refractivity contribution in [3.05, 3.63) is 59.4 Å². The lowest BCUT2D eigenvalue weighted by molar-refractivity contribution is 0.0170. The van der Waals surface area contributed by atoms with Crippen molar-refractivity contribution in [2.45, 2.75) is 18.4 Å². The summed E-state index contributed by atoms with van der Waals surface area (Å²) in [6.07, 6.45) is 1.51. The summed E-state index contributed by atoms with van der Waals surface area (Å²) in [4.78, 5) is 12.4. The summed E-state index contributed by atoms with van der Waals surface area (Å²) < 4.78 is 13.5. The quantitative estimate of drug-likeness (QED) is 0.787. The summed E-state index contributed by atoms with van der Waals surface area (Å²) in [6, 6.07) is 13.0. The summed E-state index contributed by atoms with van der Waals surface area (Å²) in [5, 5.41) is 25.3. The fourth-order valence-electron chi connectivity index (χ4n) is 3.08. The van der Waals surface area contributed by atoms with Crippen LogP contribution in [0.3, 0.4) is 0 Å². The van der Waals surface area contributed by atoms with Gasteiger partial charge in [0.1, 0.15) is 11.9 Å². The number of β-amino-alcohol motifs (C(OH)–C–C–N with tert-alkyl or cyclic N) is 1. The maximum atomic E-state index is 13.5. The van der Waals surface area contributed by atoms with Crippen molar-refractivity contribution in [2.24, 2.45) is 0 Å². The summed E-state index contributed by atoms with van der Waals surface area (Å²) in [5.74, 6) is -0.854. The number of benzene rings is 2. The summed E-state index contributed by atoms with van der Waals surface area (Å²) >= 11 is 0. The topological polar surface area (TPSA) is 85.2 Å². The van der Waals surface area contributed by atoms with Crippen LogP contribution in [0, 0.1) is 17.1 Å². The van der Waals surface area contributed by atoms with Crippen LogP contribution < -0.4 is 10.6 Å². The van der Waals surface area contributed by atoms with Gasteiger partial charge in [0.2, 0.25) is 0 Å². The first kappa shape index (κ1) is 18.1. The smallest absolute Gasteiger partial charge is 0.251 e. The van der Waals surface area contributed by atoms with Gasteiger partial charge < -0.3 is 15.7 Å². The molecule has 0 aliphatic carbocycles. The lowest BCUT2D eigenvalue weighted by atomic mass is 9.94. The molecule has 0 saturated carbocycles. The van der Waals surface area contributed by atoms with Crippen LogP contribution in [0.5, 0.6) is 0 Å². The minimum absolute atomic E-state index is 0.0376. The number of hydrogen-bond donors (Lipinski definition) is 3. The molecular weight excluding hydrogens is 333 g/mol. The molecule has 1 heterocycles. The van der Waals surface area contributed by atoms with Crippen LogP contribution in [0.15, 0.2) is 42.5 Å². The molecule has 1 aliphatic rings. The average Bonchev–Trinajstić information content (AvgIpc) is 2.67. The Morgan fingerprint density at radius 2 is 2.12 bits per heavy atom. The largest absolute Gasteiger partial charge is 0.387 e. The third-order valence-corrected chi connectivity index (χ3v) is 4.57. The molecule has 0 aromatic heterocycles. The van der Waals surface area contributed by atoms with E-state index in [-0.39, 0.29) is 18.0 Å². The molecule has 2 aromatic rings. The van der Waals surface area contributed by atoms with E-state index in [4.69, 9.17) is 5.26 Å². The van der Waals surface area contributed by atoms with Crippen molar-refractivity contribution < 1.29 is 14.3 Å². The molecule has 2 aromatic carbocycles. The minimum Gasteiger partial charge on any atom is -0.387 e. The van der Waals surface area contributed by atoms with E-state index in [9.17, 15) is 14.3 Å². The van der Waals surface area contributed by atoms with Crippen LogP contribution in [-0.2, 0) is 0 Å². The van der Waals surface area contributed by atoms with Gasteiger partial charge in [-0.05, 0) is 54.8 Å². The van der Waals surface area contributed by atoms with Crippen molar-refractivity contribution in [1.82, 2.24) is 10.6 Å².